The van der Waals surface area contributed by atoms with Crippen molar-refractivity contribution in [2.75, 3.05) is 7.11 Å². The molecule has 2 heterocycles. The Morgan fingerprint density at radius 1 is 1.06 bits per heavy atom. The number of methoxy groups -OCH3 is 1. The number of benzene rings is 2. The van der Waals surface area contributed by atoms with Crippen LogP contribution in [0.5, 0.6) is 5.75 Å². The quantitative estimate of drug-likeness (QED) is 0.400. The topological polar surface area (TPSA) is 87.0 Å². The van der Waals surface area contributed by atoms with E-state index in [4.69, 9.17) is 9.47 Å². The first-order valence-corrected chi connectivity index (χ1v) is 12.3. The molecule has 1 atom stereocenters. The Bertz CT molecular complexity index is 1540. The normalized spacial score (nSPS) is 15.8. The summed E-state index contributed by atoms with van der Waals surface area (Å²) in [6.07, 6.45) is 1.84. The highest BCUT2D eigenvalue weighted by Gasteiger charge is 2.33. The Kier molecular flexibility index (Phi) is 6.82. The van der Waals surface area contributed by atoms with Crippen molar-refractivity contribution >= 4 is 29.4 Å². The van der Waals surface area contributed by atoms with Gasteiger partial charge in [0.15, 0.2) is 4.80 Å². The number of hydrogen-bond acceptors (Lipinski definition) is 7. The smallest absolute Gasteiger partial charge is 0.338 e. The van der Waals surface area contributed by atoms with Crippen LogP contribution in [0.25, 0.3) is 6.08 Å². The molecule has 0 saturated carbocycles. The second-order valence-corrected chi connectivity index (χ2v) is 10.6. The van der Waals surface area contributed by atoms with E-state index in [1.54, 1.807) is 31.2 Å². The van der Waals surface area contributed by atoms with E-state index in [-0.39, 0.29) is 16.5 Å². The van der Waals surface area contributed by atoms with Crippen molar-refractivity contribution in [1.82, 2.24) is 4.57 Å². The first-order valence-electron chi connectivity index (χ1n) is 11.5. The fraction of sp³-hybridized carbons (Fsp3) is 0.286. The van der Waals surface area contributed by atoms with Gasteiger partial charge in [-0.2, -0.15) is 0 Å². The summed E-state index contributed by atoms with van der Waals surface area (Å²) in [7, 11) is 1.30. The molecule has 1 aromatic heterocycles. The van der Waals surface area contributed by atoms with Gasteiger partial charge in [-0.1, -0.05) is 68.5 Å². The zero-order valence-electron chi connectivity index (χ0n) is 21.1. The van der Waals surface area contributed by atoms with Gasteiger partial charge in [0.25, 0.3) is 5.56 Å². The second-order valence-electron chi connectivity index (χ2n) is 9.61. The van der Waals surface area contributed by atoms with Crippen LogP contribution in [0, 0.1) is 0 Å². The van der Waals surface area contributed by atoms with Gasteiger partial charge >= 0.3 is 11.9 Å². The summed E-state index contributed by atoms with van der Waals surface area (Å²) in [6.45, 7) is 9.51. The summed E-state index contributed by atoms with van der Waals surface area (Å²) < 4.78 is 12.2. The monoisotopic (exact) mass is 504 g/mol. The maximum Gasteiger partial charge on any atom is 0.338 e. The van der Waals surface area contributed by atoms with Crippen molar-refractivity contribution in [2.24, 2.45) is 4.99 Å². The van der Waals surface area contributed by atoms with E-state index in [0.29, 0.717) is 26.3 Å². The third kappa shape index (κ3) is 4.95. The standard InChI is InChI=1S/C28H28N2O5S/c1-16-23(26(33)34-6)24(19-9-13-21(14-10-19)35-17(2)31)30-25(32)22(36-27(30)29-16)15-18-7-11-20(12-8-18)28(3,4)5/h7-15,24H,1-6H3/b22-15+/t24-/m1/s1. The molecule has 186 valence electrons. The number of fused-ring (bicyclic) bond motifs is 1. The number of aromatic nitrogens is 1. The zero-order chi connectivity index (χ0) is 26.2. The molecule has 3 aromatic rings. The number of carbonyl (C=O) groups excluding carboxylic acids is 2. The van der Waals surface area contributed by atoms with Crippen molar-refractivity contribution < 1.29 is 19.1 Å². The predicted octanol–water partition coefficient (Wildman–Crippen LogP) is 3.63. The minimum absolute atomic E-state index is 0.0324. The van der Waals surface area contributed by atoms with Gasteiger partial charge in [0.2, 0.25) is 0 Å². The van der Waals surface area contributed by atoms with Crippen LogP contribution in [-0.2, 0) is 19.7 Å². The van der Waals surface area contributed by atoms with Crippen molar-refractivity contribution in [2.45, 2.75) is 46.1 Å². The molecule has 0 N–H and O–H groups in total. The van der Waals surface area contributed by atoms with Crippen LogP contribution in [0.3, 0.4) is 0 Å². The van der Waals surface area contributed by atoms with Gasteiger partial charge in [-0.15, -0.1) is 0 Å². The first-order chi connectivity index (χ1) is 17.0. The van der Waals surface area contributed by atoms with Crippen LogP contribution in [-0.4, -0.2) is 23.6 Å². The Labute approximate surface area is 213 Å². The zero-order valence-corrected chi connectivity index (χ0v) is 21.9. The first kappa shape index (κ1) is 25.3. The molecule has 0 bridgehead atoms. The van der Waals surface area contributed by atoms with E-state index in [1.807, 2.05) is 18.2 Å². The molecule has 7 nitrogen and oxygen atoms in total. The number of nitrogens with zero attached hydrogens (tertiary/aromatic N) is 2. The van der Waals surface area contributed by atoms with Crippen LogP contribution in [0.2, 0.25) is 0 Å². The van der Waals surface area contributed by atoms with Crippen LogP contribution in [0.1, 0.15) is 57.4 Å². The number of thiazole rings is 1. The lowest BCUT2D eigenvalue weighted by molar-refractivity contribution is -0.136. The molecule has 0 spiro atoms. The average molecular weight is 505 g/mol. The largest absolute Gasteiger partial charge is 0.466 e. The highest BCUT2D eigenvalue weighted by molar-refractivity contribution is 7.07. The summed E-state index contributed by atoms with van der Waals surface area (Å²) in [4.78, 5) is 42.8. The second kappa shape index (κ2) is 9.70. The van der Waals surface area contributed by atoms with Crippen molar-refractivity contribution in [3.8, 4) is 5.75 Å². The lowest BCUT2D eigenvalue weighted by Crippen LogP contribution is -2.39. The maximum absolute atomic E-state index is 13.6. The molecule has 1 aliphatic rings. The molecule has 0 fully saturated rings. The molecule has 8 heteroatoms. The SMILES string of the molecule is COC(=O)C1=C(C)N=c2s/c(=C/c3ccc(C(C)(C)C)cc3)c(=O)n2[C@@H]1c1ccc(OC(C)=O)cc1. The summed E-state index contributed by atoms with van der Waals surface area (Å²) >= 11 is 1.27. The van der Waals surface area contributed by atoms with Crippen LogP contribution < -0.4 is 19.6 Å². The molecule has 0 saturated heterocycles. The Balaban J connectivity index is 1.86. The maximum atomic E-state index is 13.6. The molecule has 4 rings (SSSR count). The van der Waals surface area contributed by atoms with Gasteiger partial charge in [-0.05, 0) is 47.2 Å². The van der Waals surface area contributed by atoms with E-state index < -0.39 is 18.0 Å². The minimum atomic E-state index is -0.731. The number of carbonyl (C=O) groups is 2. The molecule has 36 heavy (non-hydrogen) atoms. The van der Waals surface area contributed by atoms with Gasteiger partial charge in [0, 0.05) is 6.92 Å². The predicted molar refractivity (Wildman–Crippen MR) is 139 cm³/mol. The van der Waals surface area contributed by atoms with E-state index in [2.05, 4.69) is 37.9 Å². The lowest BCUT2D eigenvalue weighted by atomic mass is 9.87. The molecule has 0 amide bonds. The fourth-order valence-corrected chi connectivity index (χ4v) is 5.17. The van der Waals surface area contributed by atoms with Crippen LogP contribution in [0.15, 0.2) is 69.6 Å². The van der Waals surface area contributed by atoms with E-state index >= 15 is 0 Å². The van der Waals surface area contributed by atoms with E-state index in [9.17, 15) is 14.4 Å². The fourth-order valence-electron chi connectivity index (χ4n) is 4.12. The number of hydrogen-bond donors (Lipinski definition) is 0. The molecular formula is C28H28N2O5S. The van der Waals surface area contributed by atoms with Gasteiger partial charge in [0.05, 0.1) is 29.0 Å². The highest BCUT2D eigenvalue weighted by atomic mass is 32.1. The number of ether oxygens (including phenoxy) is 2. The lowest BCUT2D eigenvalue weighted by Gasteiger charge is -2.24. The number of rotatable bonds is 4. The number of esters is 2. The third-order valence-corrected chi connectivity index (χ3v) is 6.94. The van der Waals surface area contributed by atoms with E-state index in [1.165, 1.54) is 35.5 Å². The van der Waals surface area contributed by atoms with Crippen molar-refractivity contribution in [3.05, 3.63) is 96.2 Å². The number of allylic oxidation sites excluding steroid dienone is 1. The Hall–Kier alpha value is -3.78. The minimum Gasteiger partial charge on any atom is -0.466 e. The van der Waals surface area contributed by atoms with Gasteiger partial charge in [-0.25, -0.2) is 9.79 Å². The van der Waals surface area contributed by atoms with Crippen molar-refractivity contribution in [1.29, 1.82) is 0 Å². The van der Waals surface area contributed by atoms with Crippen molar-refractivity contribution in [3.63, 3.8) is 0 Å². The van der Waals surface area contributed by atoms with Crippen LogP contribution >= 0.6 is 11.3 Å². The van der Waals surface area contributed by atoms with E-state index in [0.717, 1.165) is 5.56 Å². The molecule has 2 aromatic carbocycles. The highest BCUT2D eigenvalue weighted by Crippen LogP contribution is 2.31. The van der Waals surface area contributed by atoms with Gasteiger partial charge in [-0.3, -0.25) is 14.2 Å². The van der Waals surface area contributed by atoms with Gasteiger partial charge < -0.3 is 9.47 Å². The molecular weight excluding hydrogens is 476 g/mol. The Morgan fingerprint density at radius 2 is 1.69 bits per heavy atom. The average Bonchev–Trinajstić information content (AvgIpc) is 3.12. The van der Waals surface area contributed by atoms with Crippen LogP contribution in [0.4, 0.5) is 0 Å². The molecule has 0 unspecified atom stereocenters. The summed E-state index contributed by atoms with van der Waals surface area (Å²) in [6, 6.07) is 14.1. The molecule has 1 aliphatic heterocycles. The molecule has 0 aliphatic carbocycles. The Morgan fingerprint density at radius 3 is 2.25 bits per heavy atom. The van der Waals surface area contributed by atoms with Gasteiger partial charge in [0.1, 0.15) is 5.75 Å². The summed E-state index contributed by atoms with van der Waals surface area (Å²) in [5.74, 6) is -0.618. The summed E-state index contributed by atoms with van der Waals surface area (Å²) in [5.41, 5.74) is 3.33. The summed E-state index contributed by atoms with van der Waals surface area (Å²) in [5, 5.41) is 0. The molecule has 0 radical (unpaired) electrons. The third-order valence-electron chi connectivity index (χ3n) is 5.96.